The van der Waals surface area contributed by atoms with Gasteiger partial charge < -0.3 is 21.7 Å². The number of amides is 4. The van der Waals surface area contributed by atoms with Crippen LogP contribution < -0.4 is 21.7 Å². The molecule has 1 heterocycles. The van der Waals surface area contributed by atoms with E-state index < -0.39 is 0 Å². The lowest BCUT2D eigenvalue weighted by Gasteiger charge is -2.13. The van der Waals surface area contributed by atoms with E-state index in [1.165, 1.54) is 0 Å². The molecule has 0 aromatic rings. The van der Waals surface area contributed by atoms with Crippen molar-refractivity contribution in [1.29, 1.82) is 0 Å². The van der Waals surface area contributed by atoms with Crippen molar-refractivity contribution >= 4 is 17.8 Å². The Bertz CT molecular complexity index is 401. The van der Waals surface area contributed by atoms with Crippen molar-refractivity contribution in [2.75, 3.05) is 6.54 Å². The second kappa shape index (κ2) is 10.9. The summed E-state index contributed by atoms with van der Waals surface area (Å²) in [5.74, 6) is -0.180. The molecule has 5 N–H and O–H groups in total. The number of primary amides is 1. The largest absolute Gasteiger partial charge is 0.370 e. The van der Waals surface area contributed by atoms with Crippen molar-refractivity contribution in [2.24, 2.45) is 5.73 Å². The van der Waals surface area contributed by atoms with Crippen LogP contribution in [0.5, 0.6) is 0 Å². The monoisotopic (exact) mass is 326 g/mol. The molecule has 1 saturated heterocycles. The number of rotatable bonds is 12. The standard InChI is InChI=1S/C16H30N4O3/c1-12-13(20-16(23)19-12)8-4-2-6-10-15(22)18-11-7-3-5-9-14(17)21/h12-13H,2-11H2,1H3,(H2,17,21)(H,18,22)(H2,19,20,23)/t12-,13+/m0/s1. The highest BCUT2D eigenvalue weighted by Gasteiger charge is 2.26. The van der Waals surface area contributed by atoms with Crippen LogP contribution >= 0.6 is 0 Å². The van der Waals surface area contributed by atoms with Crippen LogP contribution in [0, 0.1) is 0 Å². The van der Waals surface area contributed by atoms with Crippen molar-refractivity contribution in [1.82, 2.24) is 16.0 Å². The third-order valence-electron chi connectivity index (χ3n) is 4.12. The van der Waals surface area contributed by atoms with Crippen molar-refractivity contribution in [3.63, 3.8) is 0 Å². The van der Waals surface area contributed by atoms with Crippen LogP contribution in [0.1, 0.15) is 64.7 Å². The van der Waals surface area contributed by atoms with Crippen LogP contribution in [-0.2, 0) is 9.59 Å². The highest BCUT2D eigenvalue weighted by Crippen LogP contribution is 2.11. The number of nitrogens with two attached hydrogens (primary N) is 1. The van der Waals surface area contributed by atoms with Gasteiger partial charge in [-0.3, -0.25) is 9.59 Å². The van der Waals surface area contributed by atoms with Gasteiger partial charge in [-0.1, -0.05) is 19.3 Å². The van der Waals surface area contributed by atoms with Crippen molar-refractivity contribution in [3.8, 4) is 0 Å². The smallest absolute Gasteiger partial charge is 0.315 e. The topological polar surface area (TPSA) is 113 Å². The molecule has 0 bridgehead atoms. The number of hydrogen-bond donors (Lipinski definition) is 4. The zero-order valence-corrected chi connectivity index (χ0v) is 14.0. The number of carbonyl (C=O) groups is 3. The Labute approximate surface area is 138 Å². The zero-order chi connectivity index (χ0) is 17.1. The maximum Gasteiger partial charge on any atom is 0.315 e. The van der Waals surface area contributed by atoms with Gasteiger partial charge in [0.2, 0.25) is 11.8 Å². The van der Waals surface area contributed by atoms with Crippen LogP contribution in [0.2, 0.25) is 0 Å². The molecule has 1 fully saturated rings. The van der Waals surface area contributed by atoms with Gasteiger partial charge in [0, 0.05) is 25.4 Å². The highest BCUT2D eigenvalue weighted by atomic mass is 16.2. The first-order valence-electron chi connectivity index (χ1n) is 8.61. The predicted octanol–water partition coefficient (Wildman–Crippen LogP) is 1.17. The number of urea groups is 1. The summed E-state index contributed by atoms with van der Waals surface area (Å²) in [6, 6.07) is 0.301. The Morgan fingerprint density at radius 2 is 1.74 bits per heavy atom. The fourth-order valence-electron chi connectivity index (χ4n) is 2.71. The van der Waals surface area contributed by atoms with Gasteiger partial charge in [0.1, 0.15) is 0 Å². The maximum absolute atomic E-state index is 11.6. The summed E-state index contributed by atoms with van der Waals surface area (Å²) in [7, 11) is 0. The van der Waals surface area contributed by atoms with Gasteiger partial charge in [0.15, 0.2) is 0 Å². The molecule has 7 nitrogen and oxygen atoms in total. The van der Waals surface area contributed by atoms with E-state index in [1.807, 2.05) is 6.92 Å². The molecule has 1 rings (SSSR count). The Kier molecular flexibility index (Phi) is 9.09. The molecule has 0 saturated carbocycles. The van der Waals surface area contributed by atoms with E-state index in [9.17, 15) is 14.4 Å². The minimum atomic E-state index is -0.267. The molecule has 0 radical (unpaired) electrons. The zero-order valence-electron chi connectivity index (χ0n) is 14.0. The third kappa shape index (κ3) is 9.05. The predicted molar refractivity (Wildman–Crippen MR) is 88.7 cm³/mol. The number of carbonyl (C=O) groups excluding carboxylic acids is 3. The minimum absolute atomic E-state index is 0.0855. The molecule has 0 aromatic heterocycles. The molecule has 23 heavy (non-hydrogen) atoms. The van der Waals surface area contributed by atoms with Gasteiger partial charge in [0.05, 0.1) is 6.04 Å². The van der Waals surface area contributed by atoms with E-state index in [0.29, 0.717) is 19.4 Å². The molecule has 0 spiro atoms. The molecular formula is C16H30N4O3. The van der Waals surface area contributed by atoms with Crippen LogP contribution in [0.3, 0.4) is 0 Å². The molecule has 1 aliphatic heterocycles. The van der Waals surface area contributed by atoms with Crippen molar-refractivity contribution < 1.29 is 14.4 Å². The van der Waals surface area contributed by atoms with Gasteiger partial charge in [0.25, 0.3) is 0 Å². The van der Waals surface area contributed by atoms with Crippen molar-refractivity contribution in [2.45, 2.75) is 76.8 Å². The van der Waals surface area contributed by atoms with E-state index in [-0.39, 0.29) is 29.9 Å². The lowest BCUT2D eigenvalue weighted by atomic mass is 10.0. The van der Waals surface area contributed by atoms with Crippen LogP contribution in [0.25, 0.3) is 0 Å². The summed E-state index contributed by atoms with van der Waals surface area (Å²) in [6.45, 7) is 2.66. The lowest BCUT2D eigenvalue weighted by molar-refractivity contribution is -0.121. The fourth-order valence-corrected chi connectivity index (χ4v) is 2.71. The molecule has 0 unspecified atom stereocenters. The average Bonchev–Trinajstić information content (AvgIpc) is 2.80. The first-order chi connectivity index (χ1) is 11.0. The molecule has 132 valence electrons. The van der Waals surface area contributed by atoms with Gasteiger partial charge >= 0.3 is 6.03 Å². The molecule has 0 aliphatic carbocycles. The molecular weight excluding hydrogens is 296 g/mol. The quantitative estimate of drug-likeness (QED) is 0.404. The Morgan fingerprint density at radius 3 is 2.39 bits per heavy atom. The number of hydrogen-bond acceptors (Lipinski definition) is 3. The first-order valence-corrected chi connectivity index (χ1v) is 8.61. The summed E-state index contributed by atoms with van der Waals surface area (Å²) in [6.07, 6.45) is 7.36. The maximum atomic E-state index is 11.6. The molecule has 1 aliphatic rings. The summed E-state index contributed by atoms with van der Waals surface area (Å²) in [5.41, 5.74) is 5.06. The second-order valence-electron chi connectivity index (χ2n) is 6.24. The number of nitrogens with one attached hydrogen (secondary N) is 3. The van der Waals surface area contributed by atoms with E-state index in [2.05, 4.69) is 16.0 Å². The summed E-state index contributed by atoms with van der Waals surface area (Å²) < 4.78 is 0. The van der Waals surface area contributed by atoms with Gasteiger partial charge in [-0.05, 0) is 32.6 Å². The van der Waals surface area contributed by atoms with Crippen molar-refractivity contribution in [3.05, 3.63) is 0 Å². The average molecular weight is 326 g/mol. The Morgan fingerprint density at radius 1 is 1.04 bits per heavy atom. The minimum Gasteiger partial charge on any atom is -0.370 e. The van der Waals surface area contributed by atoms with E-state index in [0.717, 1.165) is 44.9 Å². The summed E-state index contributed by atoms with van der Waals surface area (Å²) >= 11 is 0. The second-order valence-corrected chi connectivity index (χ2v) is 6.24. The van der Waals surface area contributed by atoms with E-state index in [4.69, 9.17) is 5.73 Å². The Hall–Kier alpha value is -1.79. The lowest BCUT2D eigenvalue weighted by Crippen LogP contribution is -2.30. The van der Waals surface area contributed by atoms with Gasteiger partial charge in [-0.2, -0.15) is 0 Å². The normalized spacial score (nSPS) is 20.0. The Balaban J connectivity index is 1.90. The van der Waals surface area contributed by atoms with E-state index in [1.54, 1.807) is 0 Å². The highest BCUT2D eigenvalue weighted by molar-refractivity contribution is 5.77. The van der Waals surface area contributed by atoms with E-state index >= 15 is 0 Å². The van der Waals surface area contributed by atoms with Crippen LogP contribution in [0.15, 0.2) is 0 Å². The molecule has 4 amide bonds. The SMILES string of the molecule is C[C@@H]1NC(=O)N[C@@H]1CCCCCC(=O)NCCCCCC(N)=O. The molecule has 7 heteroatoms. The molecule has 2 atom stereocenters. The molecule has 0 aromatic carbocycles. The fraction of sp³-hybridized carbons (Fsp3) is 0.812. The van der Waals surface area contributed by atoms with Crippen LogP contribution in [-0.4, -0.2) is 36.5 Å². The van der Waals surface area contributed by atoms with Gasteiger partial charge in [-0.25, -0.2) is 4.79 Å². The van der Waals surface area contributed by atoms with Gasteiger partial charge in [-0.15, -0.1) is 0 Å². The van der Waals surface area contributed by atoms with Crippen LogP contribution in [0.4, 0.5) is 4.79 Å². The first kappa shape index (κ1) is 19.3. The number of unbranched alkanes of at least 4 members (excludes halogenated alkanes) is 4. The summed E-state index contributed by atoms with van der Waals surface area (Å²) in [4.78, 5) is 33.3. The summed E-state index contributed by atoms with van der Waals surface area (Å²) in [5, 5.41) is 8.62. The third-order valence-corrected chi connectivity index (χ3v) is 4.12.